The first kappa shape index (κ1) is 11.0. The molecule has 0 fully saturated rings. The Balaban J connectivity index is 3.91. The van der Waals surface area contributed by atoms with E-state index in [0.29, 0.717) is 6.42 Å². The SMILES string of the molecule is C/C=C(\CC/C(F)=C(\C)O)NC. The standard InChI is InChI=1S/C9H16FNO/c1-4-8(11-3)5-6-9(10)7(2)12/h4,11-12H,5-6H2,1-3H3/b8-4+,9-7-. The van der Waals surface area contributed by atoms with Crippen LogP contribution in [0.5, 0.6) is 0 Å². The molecular weight excluding hydrogens is 157 g/mol. The maximum atomic E-state index is 12.7. The van der Waals surface area contributed by atoms with E-state index in [1.165, 1.54) is 6.92 Å². The topological polar surface area (TPSA) is 32.3 Å². The van der Waals surface area contributed by atoms with E-state index in [9.17, 15) is 4.39 Å². The van der Waals surface area contributed by atoms with Crippen LogP contribution in [-0.4, -0.2) is 12.2 Å². The maximum absolute atomic E-state index is 12.7. The van der Waals surface area contributed by atoms with Crippen LogP contribution in [-0.2, 0) is 0 Å². The number of allylic oxidation sites excluding steroid dienone is 4. The minimum Gasteiger partial charge on any atom is -0.510 e. The van der Waals surface area contributed by atoms with Gasteiger partial charge in [0.1, 0.15) is 11.6 Å². The van der Waals surface area contributed by atoms with Crippen molar-refractivity contribution in [3.8, 4) is 0 Å². The Morgan fingerprint density at radius 1 is 1.50 bits per heavy atom. The zero-order valence-electron chi connectivity index (χ0n) is 7.82. The molecule has 0 radical (unpaired) electrons. The Labute approximate surface area is 72.8 Å². The highest BCUT2D eigenvalue weighted by Gasteiger charge is 2.01. The Morgan fingerprint density at radius 2 is 2.08 bits per heavy atom. The van der Waals surface area contributed by atoms with Crippen molar-refractivity contribution < 1.29 is 9.50 Å². The second-order valence-corrected chi connectivity index (χ2v) is 2.55. The van der Waals surface area contributed by atoms with Crippen LogP contribution in [0.25, 0.3) is 0 Å². The molecule has 0 aromatic rings. The Morgan fingerprint density at radius 3 is 2.42 bits per heavy atom. The summed E-state index contributed by atoms with van der Waals surface area (Å²) in [7, 11) is 1.79. The second-order valence-electron chi connectivity index (χ2n) is 2.55. The highest BCUT2D eigenvalue weighted by molar-refractivity contribution is 5.03. The lowest BCUT2D eigenvalue weighted by molar-refractivity contribution is 0.375. The van der Waals surface area contributed by atoms with Crippen molar-refractivity contribution in [2.45, 2.75) is 26.7 Å². The molecule has 0 saturated carbocycles. The van der Waals surface area contributed by atoms with E-state index in [-0.39, 0.29) is 12.2 Å². The molecule has 0 aliphatic heterocycles. The number of hydrogen-bond donors (Lipinski definition) is 2. The van der Waals surface area contributed by atoms with Gasteiger partial charge < -0.3 is 10.4 Å². The minimum absolute atomic E-state index is 0.221. The van der Waals surface area contributed by atoms with E-state index in [2.05, 4.69) is 5.32 Å². The number of aliphatic hydroxyl groups excluding tert-OH is 1. The highest BCUT2D eigenvalue weighted by Crippen LogP contribution is 2.13. The lowest BCUT2D eigenvalue weighted by Gasteiger charge is -2.04. The third kappa shape index (κ3) is 4.01. The molecule has 0 rings (SSSR count). The first-order valence-corrected chi connectivity index (χ1v) is 3.99. The van der Waals surface area contributed by atoms with E-state index >= 15 is 0 Å². The number of halogens is 1. The average molecular weight is 173 g/mol. The van der Waals surface area contributed by atoms with Gasteiger partial charge in [-0.2, -0.15) is 0 Å². The van der Waals surface area contributed by atoms with E-state index in [0.717, 1.165) is 5.70 Å². The van der Waals surface area contributed by atoms with Gasteiger partial charge >= 0.3 is 0 Å². The zero-order chi connectivity index (χ0) is 9.56. The summed E-state index contributed by atoms with van der Waals surface area (Å²) in [4.78, 5) is 0. The number of rotatable bonds is 4. The van der Waals surface area contributed by atoms with Crippen molar-refractivity contribution >= 4 is 0 Å². The Hall–Kier alpha value is -0.990. The van der Waals surface area contributed by atoms with Crippen molar-refractivity contribution in [1.29, 1.82) is 0 Å². The molecule has 0 aliphatic carbocycles. The van der Waals surface area contributed by atoms with Crippen molar-refractivity contribution in [3.05, 3.63) is 23.4 Å². The van der Waals surface area contributed by atoms with E-state index in [1.54, 1.807) is 7.05 Å². The molecular formula is C9H16FNO. The molecule has 0 unspecified atom stereocenters. The van der Waals surface area contributed by atoms with Gasteiger partial charge in [0.2, 0.25) is 0 Å². The van der Waals surface area contributed by atoms with Gasteiger partial charge in [0.05, 0.1) is 0 Å². The summed E-state index contributed by atoms with van der Waals surface area (Å²) in [6.07, 6.45) is 2.74. The van der Waals surface area contributed by atoms with Crippen molar-refractivity contribution in [1.82, 2.24) is 5.32 Å². The van der Waals surface area contributed by atoms with Gasteiger partial charge in [0.15, 0.2) is 0 Å². The molecule has 0 spiro atoms. The van der Waals surface area contributed by atoms with Gasteiger partial charge in [0.25, 0.3) is 0 Å². The number of aliphatic hydroxyl groups is 1. The fraction of sp³-hybridized carbons (Fsp3) is 0.556. The quantitative estimate of drug-likeness (QED) is 0.640. The molecule has 0 atom stereocenters. The molecule has 0 aromatic carbocycles. The number of hydrogen-bond acceptors (Lipinski definition) is 2. The fourth-order valence-electron chi connectivity index (χ4n) is 0.839. The molecule has 0 heterocycles. The molecule has 70 valence electrons. The maximum Gasteiger partial charge on any atom is 0.137 e. The summed E-state index contributed by atoms with van der Waals surface area (Å²) >= 11 is 0. The summed E-state index contributed by atoms with van der Waals surface area (Å²) in [5, 5.41) is 11.7. The third-order valence-electron chi connectivity index (χ3n) is 1.68. The summed E-state index contributed by atoms with van der Waals surface area (Å²) in [5.41, 5.74) is 0.978. The van der Waals surface area contributed by atoms with Gasteiger partial charge in [-0.25, -0.2) is 4.39 Å². The summed E-state index contributed by atoms with van der Waals surface area (Å²) in [6, 6.07) is 0. The van der Waals surface area contributed by atoms with Crippen LogP contribution in [0.2, 0.25) is 0 Å². The Kier molecular flexibility index (Phi) is 5.17. The molecule has 3 heteroatoms. The lowest BCUT2D eigenvalue weighted by atomic mass is 10.2. The molecule has 0 saturated heterocycles. The van der Waals surface area contributed by atoms with Crippen LogP contribution in [0.15, 0.2) is 23.4 Å². The van der Waals surface area contributed by atoms with Crippen molar-refractivity contribution in [2.75, 3.05) is 7.05 Å². The monoisotopic (exact) mass is 173 g/mol. The summed E-state index contributed by atoms with van der Waals surface area (Å²) in [5.74, 6) is -0.661. The highest BCUT2D eigenvalue weighted by atomic mass is 19.1. The van der Waals surface area contributed by atoms with Crippen molar-refractivity contribution in [3.63, 3.8) is 0 Å². The van der Waals surface area contributed by atoms with E-state index in [1.807, 2.05) is 13.0 Å². The first-order chi connectivity index (χ1) is 5.61. The zero-order valence-corrected chi connectivity index (χ0v) is 7.82. The summed E-state index contributed by atoms with van der Waals surface area (Å²) < 4.78 is 12.7. The minimum atomic E-state index is -0.440. The van der Waals surface area contributed by atoms with Gasteiger partial charge in [0, 0.05) is 19.2 Å². The van der Waals surface area contributed by atoms with E-state index in [4.69, 9.17) is 5.11 Å². The molecule has 0 bridgehead atoms. The number of nitrogens with one attached hydrogen (secondary N) is 1. The van der Waals surface area contributed by atoms with Crippen LogP contribution < -0.4 is 5.32 Å². The van der Waals surface area contributed by atoms with Gasteiger partial charge in [-0.15, -0.1) is 0 Å². The fourth-order valence-corrected chi connectivity index (χ4v) is 0.839. The third-order valence-corrected chi connectivity index (χ3v) is 1.68. The summed E-state index contributed by atoms with van der Waals surface area (Å²) in [6.45, 7) is 3.24. The normalized spacial score (nSPS) is 14.2. The van der Waals surface area contributed by atoms with Crippen LogP contribution in [0.3, 0.4) is 0 Å². The van der Waals surface area contributed by atoms with Crippen LogP contribution in [0, 0.1) is 0 Å². The van der Waals surface area contributed by atoms with Crippen molar-refractivity contribution in [2.24, 2.45) is 0 Å². The van der Waals surface area contributed by atoms with Gasteiger partial charge in [-0.05, 0) is 20.3 Å². The lowest BCUT2D eigenvalue weighted by Crippen LogP contribution is -2.05. The smallest absolute Gasteiger partial charge is 0.137 e. The largest absolute Gasteiger partial charge is 0.510 e. The predicted molar refractivity (Wildman–Crippen MR) is 48.5 cm³/mol. The molecule has 12 heavy (non-hydrogen) atoms. The second kappa shape index (κ2) is 5.63. The van der Waals surface area contributed by atoms with Gasteiger partial charge in [-0.3, -0.25) is 0 Å². The van der Waals surface area contributed by atoms with Crippen LogP contribution >= 0.6 is 0 Å². The Bertz CT molecular complexity index is 193. The molecule has 0 aliphatic rings. The van der Waals surface area contributed by atoms with E-state index < -0.39 is 5.83 Å². The predicted octanol–water partition coefficient (Wildman–Crippen LogP) is 2.65. The van der Waals surface area contributed by atoms with Gasteiger partial charge in [-0.1, -0.05) is 6.08 Å². The van der Waals surface area contributed by atoms with Crippen LogP contribution in [0.4, 0.5) is 4.39 Å². The first-order valence-electron chi connectivity index (χ1n) is 3.99. The molecule has 2 nitrogen and oxygen atoms in total. The molecule has 2 N–H and O–H groups in total. The molecule has 0 aromatic heterocycles. The molecule has 0 amide bonds. The van der Waals surface area contributed by atoms with Crippen LogP contribution in [0.1, 0.15) is 26.7 Å². The average Bonchev–Trinajstić information content (AvgIpc) is 2.05.